The van der Waals surface area contributed by atoms with Gasteiger partial charge in [-0.05, 0) is 45.3 Å². The van der Waals surface area contributed by atoms with Crippen molar-refractivity contribution in [3.05, 3.63) is 121 Å². The van der Waals surface area contributed by atoms with Crippen LogP contribution in [0.3, 0.4) is 0 Å². The van der Waals surface area contributed by atoms with Crippen LogP contribution >= 0.6 is 0 Å². The van der Waals surface area contributed by atoms with Crippen LogP contribution in [0, 0.1) is 0 Å². The predicted octanol–water partition coefficient (Wildman–Crippen LogP) is 7.96. The molecule has 0 atom stereocenters. The van der Waals surface area contributed by atoms with Gasteiger partial charge in [-0.3, -0.25) is 4.99 Å². The summed E-state index contributed by atoms with van der Waals surface area (Å²) in [5.74, 6) is 0. The number of rotatable bonds is 3. The van der Waals surface area contributed by atoms with Gasteiger partial charge in [-0.25, -0.2) is 4.98 Å². The lowest BCUT2D eigenvalue weighted by Gasteiger charge is -2.08. The van der Waals surface area contributed by atoms with Crippen LogP contribution in [0.5, 0.6) is 0 Å². The van der Waals surface area contributed by atoms with E-state index in [2.05, 4.69) is 103 Å². The number of para-hydroxylation sites is 1. The molecule has 0 unspecified atom stereocenters. The Hall–Kier alpha value is -4.30. The molecule has 0 radical (unpaired) electrons. The summed E-state index contributed by atoms with van der Waals surface area (Å²) in [6, 6.07) is 40.0. The Bertz CT molecular complexity index is 1620. The first kappa shape index (κ1) is 18.5. The van der Waals surface area contributed by atoms with E-state index in [4.69, 9.17) is 9.98 Å². The molecule has 0 bridgehead atoms. The van der Waals surface area contributed by atoms with E-state index in [0.717, 1.165) is 33.4 Å². The van der Waals surface area contributed by atoms with Gasteiger partial charge in [0.1, 0.15) is 0 Å². The molecule has 0 spiro atoms. The number of aromatic nitrogens is 1. The van der Waals surface area contributed by atoms with Crippen molar-refractivity contribution in [1.82, 2.24) is 4.98 Å². The molecule has 0 aliphatic carbocycles. The summed E-state index contributed by atoms with van der Waals surface area (Å²) in [4.78, 5) is 9.87. The molecule has 2 heteroatoms. The molecule has 0 saturated carbocycles. The fourth-order valence-corrected chi connectivity index (χ4v) is 4.27. The number of pyridine rings is 1. The van der Waals surface area contributed by atoms with Crippen LogP contribution < -0.4 is 0 Å². The van der Waals surface area contributed by atoms with Crippen molar-refractivity contribution in [3.63, 3.8) is 0 Å². The Labute approximate surface area is 186 Å². The predicted molar refractivity (Wildman–Crippen MR) is 136 cm³/mol. The summed E-state index contributed by atoms with van der Waals surface area (Å²) in [7, 11) is 0. The maximum atomic E-state index is 5.04. The van der Waals surface area contributed by atoms with Gasteiger partial charge in [-0.15, -0.1) is 0 Å². The lowest BCUT2D eigenvalue weighted by molar-refractivity contribution is 1.39. The number of fused-ring (bicyclic) bond motifs is 3. The van der Waals surface area contributed by atoms with E-state index in [0.29, 0.717) is 0 Å². The highest BCUT2D eigenvalue weighted by molar-refractivity contribution is 5.99. The van der Waals surface area contributed by atoms with Gasteiger partial charge in [0.15, 0.2) is 0 Å². The van der Waals surface area contributed by atoms with Crippen LogP contribution in [-0.2, 0) is 0 Å². The first-order chi connectivity index (χ1) is 15.8. The second kappa shape index (κ2) is 7.75. The van der Waals surface area contributed by atoms with Gasteiger partial charge in [0.25, 0.3) is 0 Å². The Balaban J connectivity index is 1.45. The van der Waals surface area contributed by atoms with Gasteiger partial charge in [0.2, 0.25) is 0 Å². The van der Waals surface area contributed by atoms with E-state index in [-0.39, 0.29) is 0 Å². The molecule has 0 aliphatic heterocycles. The zero-order valence-electron chi connectivity index (χ0n) is 17.4. The monoisotopic (exact) mass is 408 g/mol. The molecule has 2 nitrogen and oxygen atoms in total. The van der Waals surface area contributed by atoms with Crippen LogP contribution in [0.4, 0.5) is 5.69 Å². The van der Waals surface area contributed by atoms with E-state index in [1.807, 2.05) is 18.3 Å². The fraction of sp³-hybridized carbons (Fsp3) is 0. The summed E-state index contributed by atoms with van der Waals surface area (Å²) in [5, 5.41) is 5.96. The molecule has 0 fully saturated rings. The van der Waals surface area contributed by atoms with Crippen molar-refractivity contribution >= 4 is 44.3 Å². The van der Waals surface area contributed by atoms with Crippen molar-refractivity contribution in [2.45, 2.75) is 0 Å². The Morgan fingerprint density at radius 3 is 2.22 bits per heavy atom. The fourth-order valence-electron chi connectivity index (χ4n) is 4.27. The number of hydrogen-bond acceptors (Lipinski definition) is 2. The van der Waals surface area contributed by atoms with Crippen molar-refractivity contribution < 1.29 is 0 Å². The van der Waals surface area contributed by atoms with E-state index in [9.17, 15) is 0 Å². The van der Waals surface area contributed by atoms with Gasteiger partial charge < -0.3 is 0 Å². The minimum absolute atomic E-state index is 0.873. The zero-order valence-corrected chi connectivity index (χ0v) is 17.4. The third-order valence-electron chi connectivity index (χ3n) is 5.89. The van der Waals surface area contributed by atoms with E-state index >= 15 is 0 Å². The minimum Gasteiger partial charge on any atom is -0.254 e. The quantitative estimate of drug-likeness (QED) is 0.273. The third-order valence-corrected chi connectivity index (χ3v) is 5.89. The van der Waals surface area contributed by atoms with Crippen molar-refractivity contribution in [2.24, 2.45) is 4.99 Å². The van der Waals surface area contributed by atoms with Crippen LogP contribution in [0.25, 0.3) is 43.7 Å². The van der Waals surface area contributed by atoms with E-state index in [1.165, 1.54) is 21.5 Å². The summed E-state index contributed by atoms with van der Waals surface area (Å²) in [6.45, 7) is 0. The zero-order chi connectivity index (χ0) is 21.3. The first-order valence-electron chi connectivity index (χ1n) is 10.8. The molecule has 1 heterocycles. The summed E-state index contributed by atoms with van der Waals surface area (Å²) >= 11 is 0. The standard InChI is InChI=1S/C30H20N2/c1-2-9-25-19-21(15-16-22(25)7-1)20-31-29-14-6-11-24-17-18-28(32-30(24)29)27-13-5-10-23-8-3-4-12-26(23)27/h1-20H. The second-order valence-corrected chi connectivity index (χ2v) is 7.94. The molecule has 1 aromatic heterocycles. The second-order valence-electron chi connectivity index (χ2n) is 7.94. The third kappa shape index (κ3) is 3.32. The van der Waals surface area contributed by atoms with Crippen LogP contribution in [0.15, 0.2) is 120 Å². The van der Waals surface area contributed by atoms with Gasteiger partial charge in [-0.2, -0.15) is 0 Å². The van der Waals surface area contributed by atoms with Gasteiger partial charge in [0.05, 0.1) is 16.9 Å². The molecule has 150 valence electrons. The maximum Gasteiger partial charge on any atom is 0.0965 e. The van der Waals surface area contributed by atoms with Crippen molar-refractivity contribution in [2.75, 3.05) is 0 Å². The molecule has 0 aliphatic rings. The first-order valence-corrected chi connectivity index (χ1v) is 10.8. The number of hydrogen-bond donors (Lipinski definition) is 0. The smallest absolute Gasteiger partial charge is 0.0965 e. The average Bonchev–Trinajstić information content (AvgIpc) is 2.86. The van der Waals surface area contributed by atoms with Crippen molar-refractivity contribution in [1.29, 1.82) is 0 Å². The van der Waals surface area contributed by atoms with Crippen LogP contribution in [-0.4, -0.2) is 11.2 Å². The molecule has 0 saturated heterocycles. The lowest BCUT2D eigenvalue weighted by Crippen LogP contribution is -1.88. The summed E-state index contributed by atoms with van der Waals surface area (Å²) in [5.41, 5.74) is 4.96. The minimum atomic E-state index is 0.873. The van der Waals surface area contributed by atoms with Crippen molar-refractivity contribution in [3.8, 4) is 11.3 Å². The number of nitrogens with zero attached hydrogens (tertiary/aromatic N) is 2. The maximum absolute atomic E-state index is 5.04. The Morgan fingerprint density at radius 2 is 1.28 bits per heavy atom. The van der Waals surface area contributed by atoms with E-state index in [1.54, 1.807) is 0 Å². The van der Waals surface area contributed by atoms with Gasteiger partial charge in [0, 0.05) is 17.2 Å². The molecule has 5 aromatic carbocycles. The molecule has 0 N–H and O–H groups in total. The average molecular weight is 409 g/mol. The Morgan fingerprint density at radius 1 is 0.562 bits per heavy atom. The molecular weight excluding hydrogens is 388 g/mol. The molecule has 32 heavy (non-hydrogen) atoms. The normalized spacial score (nSPS) is 11.6. The van der Waals surface area contributed by atoms with Crippen LogP contribution in [0.2, 0.25) is 0 Å². The molecule has 6 rings (SSSR count). The summed E-state index contributed by atoms with van der Waals surface area (Å²) < 4.78 is 0. The topological polar surface area (TPSA) is 25.2 Å². The summed E-state index contributed by atoms with van der Waals surface area (Å²) in [6.07, 6.45) is 1.92. The van der Waals surface area contributed by atoms with E-state index < -0.39 is 0 Å². The lowest BCUT2D eigenvalue weighted by atomic mass is 10.0. The highest BCUT2D eigenvalue weighted by atomic mass is 14.8. The SMILES string of the molecule is C(=Nc1cccc2ccc(-c3cccc4ccccc34)nc12)c1ccc2ccccc2c1. The van der Waals surface area contributed by atoms with Gasteiger partial charge >= 0.3 is 0 Å². The number of benzene rings is 5. The number of aliphatic imine (C=N–C) groups is 1. The Kier molecular flexibility index (Phi) is 4.47. The van der Waals surface area contributed by atoms with Gasteiger partial charge in [-0.1, -0.05) is 97.1 Å². The van der Waals surface area contributed by atoms with Crippen LogP contribution in [0.1, 0.15) is 5.56 Å². The largest absolute Gasteiger partial charge is 0.254 e. The molecule has 0 amide bonds. The molecular formula is C30H20N2. The highest BCUT2D eigenvalue weighted by Gasteiger charge is 2.08. The molecule has 6 aromatic rings. The highest BCUT2D eigenvalue weighted by Crippen LogP contribution is 2.31.